The summed E-state index contributed by atoms with van der Waals surface area (Å²) in [7, 11) is 0. The van der Waals surface area contributed by atoms with Gasteiger partial charge in [0.2, 0.25) is 0 Å². The van der Waals surface area contributed by atoms with Gasteiger partial charge in [0.05, 0.1) is 15.3 Å². The summed E-state index contributed by atoms with van der Waals surface area (Å²) >= 11 is 5.11. The maximum Gasteiger partial charge on any atom is 0.0972 e. The van der Waals surface area contributed by atoms with Crippen molar-refractivity contribution >= 4 is 27.3 Å². The minimum atomic E-state index is -0.205. The van der Waals surface area contributed by atoms with Crippen molar-refractivity contribution in [3.8, 4) is 6.07 Å². The molecular weight excluding hydrogens is 246 g/mol. The molecule has 0 saturated heterocycles. The van der Waals surface area contributed by atoms with Gasteiger partial charge < -0.3 is 0 Å². The van der Waals surface area contributed by atoms with E-state index >= 15 is 0 Å². The lowest BCUT2D eigenvalue weighted by Crippen LogP contribution is -2.09. The second-order valence-electron chi connectivity index (χ2n) is 4.18. The number of hydrogen-bond donors (Lipinski definition) is 0. The van der Waals surface area contributed by atoms with Gasteiger partial charge in [-0.2, -0.15) is 5.26 Å². The Bertz CT molecular complexity index is 388. The number of rotatable bonds is 1. The van der Waals surface area contributed by atoms with E-state index < -0.39 is 0 Å². The van der Waals surface area contributed by atoms with E-state index in [1.54, 1.807) is 11.3 Å². The highest BCUT2D eigenvalue weighted by molar-refractivity contribution is 9.11. The molecule has 2 rings (SSSR count). The quantitative estimate of drug-likeness (QED) is 0.751. The van der Waals surface area contributed by atoms with E-state index in [9.17, 15) is 5.26 Å². The minimum Gasteiger partial charge on any atom is -0.197 e. The van der Waals surface area contributed by atoms with Crippen molar-refractivity contribution < 1.29 is 0 Å². The van der Waals surface area contributed by atoms with Crippen molar-refractivity contribution in [2.24, 2.45) is 5.41 Å². The molecule has 0 spiro atoms. The molecule has 68 valence electrons. The largest absolute Gasteiger partial charge is 0.197 e. The number of halogens is 1. The summed E-state index contributed by atoms with van der Waals surface area (Å²) < 4.78 is 1.11. The van der Waals surface area contributed by atoms with Gasteiger partial charge in [-0.3, -0.25) is 0 Å². The summed E-state index contributed by atoms with van der Waals surface area (Å²) in [5.74, 6) is 0. The van der Waals surface area contributed by atoms with E-state index in [0.29, 0.717) is 0 Å². The first-order valence-corrected chi connectivity index (χ1v) is 5.80. The van der Waals surface area contributed by atoms with Gasteiger partial charge in [-0.25, -0.2) is 0 Å². The molecule has 0 aromatic carbocycles. The van der Waals surface area contributed by atoms with Gasteiger partial charge in [-0.1, -0.05) is 13.8 Å². The van der Waals surface area contributed by atoms with Crippen LogP contribution in [0.3, 0.4) is 0 Å². The molecular formula is C10H10BrNS. The van der Waals surface area contributed by atoms with Crippen LogP contribution in [-0.2, 0) is 5.41 Å². The molecule has 0 N–H and O–H groups in total. The van der Waals surface area contributed by atoms with Crippen LogP contribution in [0.25, 0.3) is 0 Å². The maximum absolute atomic E-state index is 9.20. The molecule has 1 heterocycles. The first-order chi connectivity index (χ1) is 6.02. The number of nitriles is 1. The van der Waals surface area contributed by atoms with Crippen LogP contribution in [0.1, 0.15) is 25.1 Å². The fourth-order valence-corrected chi connectivity index (χ4v) is 3.53. The molecule has 0 aliphatic heterocycles. The Kier molecular flexibility index (Phi) is 1.84. The summed E-state index contributed by atoms with van der Waals surface area (Å²) in [5, 5.41) is 9.20. The lowest BCUT2D eigenvalue weighted by molar-refractivity contribution is 0.575. The zero-order chi connectivity index (χ0) is 9.69. The van der Waals surface area contributed by atoms with Gasteiger partial charge in [0.1, 0.15) is 0 Å². The van der Waals surface area contributed by atoms with Crippen molar-refractivity contribution in [1.29, 1.82) is 5.26 Å². The first kappa shape index (κ1) is 9.23. The number of nitrogens with zero attached hydrogens (tertiary/aromatic N) is 1. The molecule has 0 radical (unpaired) electrons. The zero-order valence-electron chi connectivity index (χ0n) is 7.60. The highest BCUT2D eigenvalue weighted by Crippen LogP contribution is 2.65. The first-order valence-electron chi connectivity index (χ1n) is 4.19. The van der Waals surface area contributed by atoms with Crippen molar-refractivity contribution in [3.05, 3.63) is 20.8 Å². The molecule has 1 unspecified atom stereocenters. The molecule has 1 nitrogen and oxygen atoms in total. The third-order valence-corrected chi connectivity index (χ3v) is 4.71. The lowest BCUT2D eigenvalue weighted by Gasteiger charge is -2.08. The van der Waals surface area contributed by atoms with Crippen LogP contribution in [-0.4, -0.2) is 0 Å². The summed E-state index contributed by atoms with van der Waals surface area (Å²) in [5.41, 5.74) is -0.0459. The maximum atomic E-state index is 9.20. The van der Waals surface area contributed by atoms with Crippen molar-refractivity contribution in [2.45, 2.75) is 25.7 Å². The summed E-state index contributed by atoms with van der Waals surface area (Å²) in [4.78, 5) is 1.20. The van der Waals surface area contributed by atoms with Crippen LogP contribution in [0.4, 0.5) is 0 Å². The highest BCUT2D eigenvalue weighted by atomic mass is 79.9. The molecule has 1 aromatic heterocycles. The average Bonchev–Trinajstić information content (AvgIpc) is 2.43. The molecule has 13 heavy (non-hydrogen) atoms. The summed E-state index contributed by atoms with van der Waals surface area (Å²) in [6.45, 7) is 4.31. The molecule has 0 bridgehead atoms. The van der Waals surface area contributed by atoms with E-state index in [0.717, 1.165) is 10.2 Å². The van der Waals surface area contributed by atoms with Gasteiger partial charge in [0, 0.05) is 4.88 Å². The van der Waals surface area contributed by atoms with Crippen molar-refractivity contribution in [3.63, 3.8) is 0 Å². The molecule has 1 aliphatic carbocycles. The van der Waals surface area contributed by atoms with E-state index in [1.165, 1.54) is 4.88 Å². The summed E-state index contributed by atoms with van der Waals surface area (Å²) in [6, 6.07) is 6.55. The predicted octanol–water partition coefficient (Wildman–Crippen LogP) is 3.70. The van der Waals surface area contributed by atoms with E-state index in [4.69, 9.17) is 0 Å². The van der Waals surface area contributed by atoms with Crippen LogP contribution in [0, 0.1) is 16.7 Å². The fraction of sp³-hybridized carbons (Fsp3) is 0.500. The van der Waals surface area contributed by atoms with Gasteiger partial charge in [-0.15, -0.1) is 11.3 Å². The molecule has 0 amide bonds. The van der Waals surface area contributed by atoms with Crippen LogP contribution >= 0.6 is 27.3 Å². The Morgan fingerprint density at radius 2 is 2.15 bits per heavy atom. The summed E-state index contributed by atoms with van der Waals surface area (Å²) in [6.07, 6.45) is 0.990. The molecule has 3 heteroatoms. The third-order valence-electron chi connectivity index (χ3n) is 2.92. The second kappa shape index (κ2) is 2.59. The highest BCUT2D eigenvalue weighted by Gasteiger charge is 2.63. The Balaban J connectivity index is 2.43. The SMILES string of the molecule is CC1(C)CC1(C#N)c1ccc(Br)s1. The molecule has 1 atom stereocenters. The normalized spacial score (nSPS) is 29.7. The minimum absolute atomic E-state index is 0.159. The molecule has 1 aliphatic rings. The Labute approximate surface area is 90.5 Å². The lowest BCUT2D eigenvalue weighted by atomic mass is 9.96. The van der Waals surface area contributed by atoms with Crippen LogP contribution in [0.2, 0.25) is 0 Å². The van der Waals surface area contributed by atoms with E-state index in [2.05, 4.69) is 41.9 Å². The fourth-order valence-electron chi connectivity index (χ4n) is 1.83. The molecule has 1 aromatic rings. The van der Waals surface area contributed by atoms with Crippen LogP contribution in [0.15, 0.2) is 15.9 Å². The zero-order valence-corrected chi connectivity index (χ0v) is 10.00. The Hall–Kier alpha value is -0.330. The van der Waals surface area contributed by atoms with Gasteiger partial charge in [0.25, 0.3) is 0 Å². The van der Waals surface area contributed by atoms with Crippen molar-refractivity contribution in [1.82, 2.24) is 0 Å². The number of hydrogen-bond acceptors (Lipinski definition) is 2. The van der Waals surface area contributed by atoms with E-state index in [1.807, 2.05) is 6.07 Å². The van der Waals surface area contributed by atoms with Crippen LogP contribution < -0.4 is 0 Å². The monoisotopic (exact) mass is 255 g/mol. The average molecular weight is 256 g/mol. The van der Waals surface area contributed by atoms with E-state index in [-0.39, 0.29) is 10.8 Å². The van der Waals surface area contributed by atoms with Gasteiger partial charge in [-0.05, 0) is 39.9 Å². The van der Waals surface area contributed by atoms with Crippen LogP contribution in [0.5, 0.6) is 0 Å². The molecule has 1 saturated carbocycles. The Morgan fingerprint density at radius 3 is 2.46 bits per heavy atom. The topological polar surface area (TPSA) is 23.8 Å². The molecule has 1 fully saturated rings. The second-order valence-corrected chi connectivity index (χ2v) is 6.64. The van der Waals surface area contributed by atoms with Gasteiger partial charge >= 0.3 is 0 Å². The Morgan fingerprint density at radius 1 is 1.54 bits per heavy atom. The standard InChI is InChI=1S/C10H10BrNS/c1-9(2)5-10(9,6-12)7-3-4-8(11)13-7/h3-4H,5H2,1-2H3. The van der Waals surface area contributed by atoms with Gasteiger partial charge in [0.15, 0.2) is 0 Å². The smallest absolute Gasteiger partial charge is 0.0972 e. The number of thiophene rings is 1. The third kappa shape index (κ3) is 1.16. The van der Waals surface area contributed by atoms with Crippen molar-refractivity contribution in [2.75, 3.05) is 0 Å². The predicted molar refractivity (Wildman–Crippen MR) is 57.7 cm³/mol.